The largest absolute Gasteiger partial charge is 0.497 e. The van der Waals surface area contributed by atoms with Gasteiger partial charge in [0.2, 0.25) is 0 Å². The van der Waals surface area contributed by atoms with E-state index in [0.29, 0.717) is 17.0 Å². The van der Waals surface area contributed by atoms with Crippen molar-refractivity contribution in [1.29, 1.82) is 0 Å². The molecule has 0 amide bonds. The van der Waals surface area contributed by atoms with Gasteiger partial charge in [-0.05, 0) is 48.6 Å². The lowest BCUT2D eigenvalue weighted by Crippen LogP contribution is -2.04. The summed E-state index contributed by atoms with van der Waals surface area (Å²) < 4.78 is 7.64. The van der Waals surface area contributed by atoms with Crippen molar-refractivity contribution < 1.29 is 19.4 Å². The SMILES string of the molecule is COc1ccc(C(=O)/C=C/c2cn(CCC(=O)O)nc2-c2ccc(Br)cc2)cc1. The number of hydrogen-bond donors (Lipinski definition) is 1. The Balaban J connectivity index is 1.88. The van der Waals surface area contributed by atoms with E-state index in [1.54, 1.807) is 48.3 Å². The van der Waals surface area contributed by atoms with Crippen LogP contribution in [-0.4, -0.2) is 33.7 Å². The Labute approximate surface area is 176 Å². The first-order valence-electron chi connectivity index (χ1n) is 8.88. The molecule has 0 spiro atoms. The van der Waals surface area contributed by atoms with Crippen molar-refractivity contribution in [3.05, 3.63) is 76.4 Å². The molecule has 7 heteroatoms. The molecule has 2 aromatic carbocycles. The Morgan fingerprint density at radius 3 is 2.45 bits per heavy atom. The number of methoxy groups -OCH3 is 1. The highest BCUT2D eigenvalue weighted by Crippen LogP contribution is 2.25. The second kappa shape index (κ2) is 9.34. The number of carbonyl (C=O) groups excluding carboxylic acids is 1. The molecule has 3 rings (SSSR count). The topological polar surface area (TPSA) is 81.4 Å². The Hall–Kier alpha value is -3.19. The molecule has 1 N–H and O–H groups in total. The van der Waals surface area contributed by atoms with Gasteiger partial charge in [-0.1, -0.05) is 28.1 Å². The van der Waals surface area contributed by atoms with Crippen LogP contribution in [0.15, 0.2) is 65.3 Å². The maximum atomic E-state index is 12.5. The molecule has 6 nitrogen and oxygen atoms in total. The minimum atomic E-state index is -0.891. The molecule has 0 bridgehead atoms. The molecule has 0 aliphatic carbocycles. The Morgan fingerprint density at radius 2 is 1.83 bits per heavy atom. The molecule has 3 aromatic rings. The van der Waals surface area contributed by atoms with Crippen LogP contribution in [0.2, 0.25) is 0 Å². The van der Waals surface area contributed by atoms with Crippen LogP contribution >= 0.6 is 15.9 Å². The van der Waals surface area contributed by atoms with Gasteiger partial charge in [0.05, 0.1) is 25.8 Å². The number of ketones is 1. The van der Waals surface area contributed by atoms with Gasteiger partial charge in [0.25, 0.3) is 0 Å². The number of benzene rings is 2. The molecule has 0 saturated heterocycles. The first-order chi connectivity index (χ1) is 14.0. The molecule has 148 valence electrons. The van der Waals surface area contributed by atoms with Gasteiger partial charge in [-0.15, -0.1) is 0 Å². The van der Waals surface area contributed by atoms with E-state index in [4.69, 9.17) is 9.84 Å². The monoisotopic (exact) mass is 454 g/mol. The number of aryl methyl sites for hydroxylation is 1. The number of aliphatic carboxylic acids is 1. The fraction of sp³-hybridized carbons (Fsp3) is 0.136. The lowest BCUT2D eigenvalue weighted by atomic mass is 10.1. The van der Waals surface area contributed by atoms with E-state index < -0.39 is 5.97 Å². The van der Waals surface area contributed by atoms with E-state index in [9.17, 15) is 9.59 Å². The van der Waals surface area contributed by atoms with Crippen molar-refractivity contribution in [2.75, 3.05) is 7.11 Å². The second-order valence-corrected chi connectivity index (χ2v) is 7.19. The third-order valence-electron chi connectivity index (χ3n) is 4.25. The Morgan fingerprint density at radius 1 is 1.14 bits per heavy atom. The summed E-state index contributed by atoms with van der Waals surface area (Å²) in [5, 5.41) is 13.4. The quantitative estimate of drug-likeness (QED) is 0.394. The van der Waals surface area contributed by atoms with Gasteiger partial charge < -0.3 is 9.84 Å². The standard InChI is InChI=1S/C22H19BrN2O4/c1-29-19-9-4-15(5-10-19)20(26)11-6-17-14-25(13-12-21(27)28)24-22(17)16-2-7-18(23)8-3-16/h2-11,14H,12-13H2,1H3,(H,27,28)/b11-6+. The molecule has 1 aromatic heterocycles. The second-order valence-electron chi connectivity index (χ2n) is 6.27. The van der Waals surface area contributed by atoms with Crippen molar-refractivity contribution in [3.63, 3.8) is 0 Å². The maximum Gasteiger partial charge on any atom is 0.305 e. The molecular weight excluding hydrogens is 436 g/mol. The number of carbonyl (C=O) groups is 2. The predicted molar refractivity (Wildman–Crippen MR) is 114 cm³/mol. The van der Waals surface area contributed by atoms with Gasteiger partial charge in [-0.2, -0.15) is 5.10 Å². The molecule has 0 saturated carbocycles. The molecule has 0 aliphatic heterocycles. The van der Waals surface area contributed by atoms with E-state index in [1.807, 2.05) is 24.3 Å². The summed E-state index contributed by atoms with van der Waals surface area (Å²) in [6.07, 6.45) is 4.91. The van der Waals surface area contributed by atoms with Crippen LogP contribution in [0.3, 0.4) is 0 Å². The number of carboxylic acids is 1. The van der Waals surface area contributed by atoms with Crippen LogP contribution in [0, 0.1) is 0 Å². The number of hydrogen-bond acceptors (Lipinski definition) is 4. The zero-order valence-electron chi connectivity index (χ0n) is 15.7. The minimum absolute atomic E-state index is 0.0324. The van der Waals surface area contributed by atoms with Gasteiger partial charge >= 0.3 is 5.97 Å². The Kier molecular flexibility index (Phi) is 6.61. The van der Waals surface area contributed by atoms with Crippen molar-refractivity contribution in [1.82, 2.24) is 9.78 Å². The number of halogens is 1. The average molecular weight is 455 g/mol. The van der Waals surface area contributed by atoms with Crippen LogP contribution < -0.4 is 4.74 Å². The number of rotatable bonds is 8. The zero-order valence-corrected chi connectivity index (χ0v) is 17.3. The number of carboxylic acid groups (broad SMARTS) is 1. The first kappa shape index (κ1) is 20.5. The fourth-order valence-corrected chi connectivity index (χ4v) is 3.00. The highest BCUT2D eigenvalue weighted by molar-refractivity contribution is 9.10. The average Bonchev–Trinajstić information content (AvgIpc) is 3.14. The highest BCUT2D eigenvalue weighted by Gasteiger charge is 2.11. The summed E-state index contributed by atoms with van der Waals surface area (Å²) in [4.78, 5) is 23.4. The number of nitrogens with zero attached hydrogens (tertiary/aromatic N) is 2. The Bertz CT molecular complexity index is 1040. The van der Waals surface area contributed by atoms with Crippen molar-refractivity contribution in [3.8, 4) is 17.0 Å². The van der Waals surface area contributed by atoms with Gasteiger partial charge in [0, 0.05) is 27.4 Å². The van der Waals surface area contributed by atoms with Gasteiger partial charge in [0.1, 0.15) is 5.75 Å². The summed E-state index contributed by atoms with van der Waals surface area (Å²) >= 11 is 3.41. The smallest absolute Gasteiger partial charge is 0.305 e. The summed E-state index contributed by atoms with van der Waals surface area (Å²) in [5.41, 5.74) is 2.84. The minimum Gasteiger partial charge on any atom is -0.497 e. The number of ether oxygens (including phenoxy) is 1. The van der Waals surface area contributed by atoms with E-state index in [0.717, 1.165) is 15.6 Å². The molecular formula is C22H19BrN2O4. The van der Waals surface area contributed by atoms with E-state index >= 15 is 0 Å². The van der Waals surface area contributed by atoms with Crippen LogP contribution in [0.5, 0.6) is 5.75 Å². The lowest BCUT2D eigenvalue weighted by molar-refractivity contribution is -0.137. The summed E-state index contributed by atoms with van der Waals surface area (Å²) in [6.45, 7) is 0.249. The molecule has 0 unspecified atom stereocenters. The number of allylic oxidation sites excluding steroid dienone is 1. The molecule has 29 heavy (non-hydrogen) atoms. The van der Waals surface area contributed by atoms with E-state index in [1.165, 1.54) is 6.08 Å². The summed E-state index contributed by atoms with van der Waals surface area (Å²) in [6, 6.07) is 14.5. The van der Waals surface area contributed by atoms with Crippen molar-refractivity contribution in [2.45, 2.75) is 13.0 Å². The predicted octanol–water partition coefficient (Wildman–Crippen LogP) is 4.69. The van der Waals surface area contributed by atoms with E-state index in [2.05, 4.69) is 21.0 Å². The van der Waals surface area contributed by atoms with Gasteiger partial charge in [0.15, 0.2) is 5.78 Å². The van der Waals surface area contributed by atoms with E-state index in [-0.39, 0.29) is 18.7 Å². The molecule has 0 radical (unpaired) electrons. The van der Waals surface area contributed by atoms with Crippen molar-refractivity contribution >= 4 is 33.8 Å². The molecule has 0 aliphatic rings. The van der Waals surface area contributed by atoms with Crippen LogP contribution in [0.4, 0.5) is 0 Å². The zero-order chi connectivity index (χ0) is 20.8. The van der Waals surface area contributed by atoms with Crippen LogP contribution in [0.1, 0.15) is 22.3 Å². The normalized spacial score (nSPS) is 11.0. The molecule has 0 atom stereocenters. The molecule has 1 heterocycles. The maximum absolute atomic E-state index is 12.5. The molecule has 0 fully saturated rings. The fourth-order valence-electron chi connectivity index (χ4n) is 2.73. The third kappa shape index (κ3) is 5.42. The summed E-state index contributed by atoms with van der Waals surface area (Å²) in [5.74, 6) is -0.354. The lowest BCUT2D eigenvalue weighted by Gasteiger charge is -2.01. The van der Waals surface area contributed by atoms with Crippen LogP contribution in [-0.2, 0) is 11.3 Å². The van der Waals surface area contributed by atoms with Gasteiger partial charge in [-0.25, -0.2) is 0 Å². The van der Waals surface area contributed by atoms with Crippen molar-refractivity contribution in [2.24, 2.45) is 0 Å². The summed E-state index contributed by atoms with van der Waals surface area (Å²) in [7, 11) is 1.57. The van der Waals surface area contributed by atoms with Crippen LogP contribution in [0.25, 0.3) is 17.3 Å². The highest BCUT2D eigenvalue weighted by atomic mass is 79.9. The number of aromatic nitrogens is 2. The first-order valence-corrected chi connectivity index (χ1v) is 9.67. The third-order valence-corrected chi connectivity index (χ3v) is 4.78. The van der Waals surface area contributed by atoms with Gasteiger partial charge in [-0.3, -0.25) is 14.3 Å².